The van der Waals surface area contributed by atoms with Crippen LogP contribution in [-0.4, -0.2) is 46.8 Å². The molecule has 9 heteroatoms. The van der Waals surface area contributed by atoms with Crippen LogP contribution in [0.25, 0.3) is 6.08 Å². The van der Waals surface area contributed by atoms with Gasteiger partial charge in [0, 0.05) is 6.54 Å². The summed E-state index contributed by atoms with van der Waals surface area (Å²) < 4.78 is 11.1. The Hall–Kier alpha value is -3.41. The van der Waals surface area contributed by atoms with Gasteiger partial charge in [-0.2, -0.15) is 0 Å². The number of amides is 1. The number of halogens is 1. The molecule has 0 unspecified atom stereocenters. The minimum absolute atomic E-state index is 0.0489. The van der Waals surface area contributed by atoms with E-state index in [0.29, 0.717) is 51.0 Å². The molecule has 7 nitrogen and oxygen atoms in total. The van der Waals surface area contributed by atoms with Crippen LogP contribution < -0.4 is 9.47 Å². The summed E-state index contributed by atoms with van der Waals surface area (Å²) in [6, 6.07) is 9.54. The van der Waals surface area contributed by atoms with Crippen LogP contribution in [0.2, 0.25) is 5.02 Å². The van der Waals surface area contributed by atoms with Gasteiger partial charge in [-0.1, -0.05) is 17.5 Å². The lowest BCUT2D eigenvalue weighted by molar-refractivity contribution is -0.122. The number of likely N-dealkylation sites (N-methyl/N-ethyl adjacent to an activating group) is 1. The molecule has 1 fully saturated rings. The maximum atomic E-state index is 13.0. The number of carbonyl (C=O) groups excluding carboxylic acids is 1. The molecule has 0 bridgehead atoms. The monoisotopic (exact) mass is 484 g/mol. The molecule has 0 saturated carbocycles. The number of nitrogens with zero attached hydrogens (tertiary/aromatic N) is 2. The lowest BCUT2D eigenvalue weighted by Gasteiger charge is -2.13. The number of hydrogen-bond donors (Lipinski definition) is 1. The summed E-state index contributed by atoms with van der Waals surface area (Å²) in [6.45, 7) is 4.57. The maximum absolute atomic E-state index is 13.0. The fraction of sp³-hybridized carbons (Fsp3) is 0.208. The van der Waals surface area contributed by atoms with Crippen molar-refractivity contribution in [2.24, 2.45) is 4.99 Å². The summed E-state index contributed by atoms with van der Waals surface area (Å²) in [5.41, 5.74) is 1.38. The minimum Gasteiger partial charge on any atom is -0.490 e. The number of ether oxygens (including phenoxy) is 2. The van der Waals surface area contributed by atoms with Gasteiger partial charge >= 0.3 is 5.97 Å². The van der Waals surface area contributed by atoms with Gasteiger partial charge in [0.05, 0.1) is 27.8 Å². The molecule has 3 rings (SSSR count). The van der Waals surface area contributed by atoms with Gasteiger partial charge in [0.1, 0.15) is 6.61 Å². The molecule has 1 heterocycles. The number of benzene rings is 2. The summed E-state index contributed by atoms with van der Waals surface area (Å²) in [4.78, 5) is 30.5. The second kappa shape index (κ2) is 10.9. The van der Waals surface area contributed by atoms with E-state index in [1.807, 2.05) is 13.8 Å². The van der Waals surface area contributed by atoms with Gasteiger partial charge in [-0.15, -0.1) is 6.42 Å². The van der Waals surface area contributed by atoms with Gasteiger partial charge in [0.15, 0.2) is 16.7 Å². The maximum Gasteiger partial charge on any atom is 0.335 e. The molecule has 1 aliphatic heterocycles. The molecule has 0 aromatic heterocycles. The van der Waals surface area contributed by atoms with Crippen LogP contribution in [0, 0.1) is 12.3 Å². The van der Waals surface area contributed by atoms with Gasteiger partial charge in [0.2, 0.25) is 0 Å². The third kappa shape index (κ3) is 5.69. The smallest absolute Gasteiger partial charge is 0.335 e. The second-order valence-corrected chi connectivity index (χ2v) is 8.08. The van der Waals surface area contributed by atoms with Gasteiger partial charge < -0.3 is 14.6 Å². The third-order valence-corrected chi connectivity index (χ3v) is 5.76. The minimum atomic E-state index is -1.01. The molecule has 0 atom stereocenters. The molecule has 1 amide bonds. The van der Waals surface area contributed by atoms with Crippen LogP contribution in [-0.2, 0) is 4.79 Å². The molecule has 0 spiro atoms. The number of carboxylic acid groups (broad SMARTS) is 1. The Morgan fingerprint density at radius 3 is 2.61 bits per heavy atom. The number of rotatable bonds is 8. The standard InChI is InChI=1S/C24H21ClN2O5S/c1-4-11-32-21-18(25)12-15(13-19(21)31-6-3)14-20-22(28)27(5-2)24(33-20)26-17-9-7-16(8-10-17)23(29)30/h1,7-10,12-14H,5-6,11H2,2-3H3,(H,29,30)/b20-14+,26-24?. The summed E-state index contributed by atoms with van der Waals surface area (Å²) in [5, 5.41) is 9.87. The predicted octanol–water partition coefficient (Wildman–Crippen LogP) is 5.07. The molecular weight excluding hydrogens is 464 g/mol. The molecular formula is C24H21ClN2O5S. The van der Waals surface area contributed by atoms with E-state index < -0.39 is 5.97 Å². The normalized spacial score (nSPS) is 15.7. The quantitative estimate of drug-likeness (QED) is 0.415. The number of terminal acetylenes is 1. The number of carboxylic acids is 1. The van der Waals surface area contributed by atoms with Crippen LogP contribution in [0.4, 0.5) is 5.69 Å². The second-order valence-electron chi connectivity index (χ2n) is 6.66. The molecule has 170 valence electrons. The number of thioether (sulfide) groups is 1. The van der Waals surface area contributed by atoms with Gasteiger partial charge in [-0.25, -0.2) is 9.79 Å². The summed E-state index contributed by atoms with van der Waals surface area (Å²) in [7, 11) is 0. The first kappa shape index (κ1) is 24.2. The zero-order chi connectivity index (χ0) is 24.0. The highest BCUT2D eigenvalue weighted by Crippen LogP contribution is 2.39. The van der Waals surface area contributed by atoms with Gasteiger partial charge in [0.25, 0.3) is 5.91 Å². The third-order valence-electron chi connectivity index (χ3n) is 4.47. The van der Waals surface area contributed by atoms with Crippen molar-refractivity contribution in [3.8, 4) is 23.8 Å². The highest BCUT2D eigenvalue weighted by Gasteiger charge is 2.32. The van der Waals surface area contributed by atoms with Crippen LogP contribution in [0.3, 0.4) is 0 Å². The Morgan fingerprint density at radius 1 is 1.27 bits per heavy atom. The van der Waals surface area contributed by atoms with Crippen molar-refractivity contribution in [2.45, 2.75) is 13.8 Å². The highest BCUT2D eigenvalue weighted by molar-refractivity contribution is 8.18. The number of hydrogen-bond acceptors (Lipinski definition) is 6. The van der Waals surface area contributed by atoms with Crippen LogP contribution in [0.15, 0.2) is 46.3 Å². The van der Waals surface area contributed by atoms with Crippen molar-refractivity contribution in [1.29, 1.82) is 0 Å². The van der Waals surface area contributed by atoms with E-state index >= 15 is 0 Å². The largest absolute Gasteiger partial charge is 0.490 e. The molecule has 0 aliphatic carbocycles. The molecule has 2 aromatic carbocycles. The van der Waals surface area contributed by atoms with E-state index in [2.05, 4.69) is 10.9 Å². The van der Waals surface area contributed by atoms with E-state index in [-0.39, 0.29) is 18.1 Å². The Labute approximate surface area is 201 Å². The first-order valence-electron chi connectivity index (χ1n) is 10.0. The van der Waals surface area contributed by atoms with Crippen molar-refractivity contribution in [3.63, 3.8) is 0 Å². The van der Waals surface area contributed by atoms with Crippen molar-refractivity contribution in [1.82, 2.24) is 4.90 Å². The molecule has 2 aromatic rings. The fourth-order valence-corrected chi connectivity index (χ4v) is 4.33. The fourth-order valence-electron chi connectivity index (χ4n) is 3.00. The average molecular weight is 485 g/mol. The first-order valence-corrected chi connectivity index (χ1v) is 11.2. The Bertz CT molecular complexity index is 1170. The summed E-state index contributed by atoms with van der Waals surface area (Å²) in [5.74, 6) is 1.98. The van der Waals surface area contributed by atoms with Crippen molar-refractivity contribution in [2.75, 3.05) is 19.8 Å². The first-order chi connectivity index (χ1) is 15.9. The van der Waals surface area contributed by atoms with E-state index in [0.717, 1.165) is 0 Å². The topological polar surface area (TPSA) is 88.4 Å². The predicted molar refractivity (Wildman–Crippen MR) is 130 cm³/mol. The Morgan fingerprint density at radius 2 is 2.00 bits per heavy atom. The summed E-state index contributed by atoms with van der Waals surface area (Å²) >= 11 is 7.61. The Kier molecular flexibility index (Phi) is 8.04. The number of amidine groups is 1. The van der Waals surface area contributed by atoms with Gasteiger partial charge in [-0.3, -0.25) is 9.69 Å². The van der Waals surface area contributed by atoms with Crippen LogP contribution in [0.5, 0.6) is 11.5 Å². The number of carbonyl (C=O) groups is 2. The molecule has 1 saturated heterocycles. The zero-order valence-corrected chi connectivity index (χ0v) is 19.6. The van der Waals surface area contributed by atoms with E-state index in [1.54, 1.807) is 35.2 Å². The van der Waals surface area contributed by atoms with Crippen LogP contribution >= 0.6 is 23.4 Å². The van der Waals surface area contributed by atoms with E-state index in [9.17, 15) is 9.59 Å². The average Bonchev–Trinajstić information content (AvgIpc) is 3.07. The molecule has 0 radical (unpaired) electrons. The molecule has 1 aliphatic rings. The lowest BCUT2D eigenvalue weighted by atomic mass is 10.1. The summed E-state index contributed by atoms with van der Waals surface area (Å²) in [6.07, 6.45) is 6.98. The zero-order valence-electron chi connectivity index (χ0n) is 18.0. The molecule has 33 heavy (non-hydrogen) atoms. The van der Waals surface area contributed by atoms with E-state index in [1.165, 1.54) is 23.9 Å². The van der Waals surface area contributed by atoms with Gasteiger partial charge in [-0.05, 0) is 73.6 Å². The number of aromatic carboxylic acids is 1. The SMILES string of the molecule is C#CCOc1c(Cl)cc(/C=C2/SC(=Nc3ccc(C(=O)O)cc3)N(CC)C2=O)cc1OCC. The van der Waals surface area contributed by atoms with E-state index in [4.69, 9.17) is 32.6 Å². The highest BCUT2D eigenvalue weighted by atomic mass is 35.5. The van der Waals surface area contributed by atoms with Crippen molar-refractivity contribution >= 4 is 52.2 Å². The Balaban J connectivity index is 1.93. The number of aliphatic imine (C=N–C) groups is 1. The van der Waals surface area contributed by atoms with Crippen molar-refractivity contribution in [3.05, 3.63) is 57.5 Å². The molecule has 1 N–H and O–H groups in total. The van der Waals surface area contributed by atoms with Crippen molar-refractivity contribution < 1.29 is 24.2 Å². The lowest BCUT2D eigenvalue weighted by Crippen LogP contribution is -2.28. The van der Waals surface area contributed by atoms with Crippen LogP contribution in [0.1, 0.15) is 29.8 Å².